The van der Waals surface area contributed by atoms with E-state index >= 15 is 0 Å². The minimum atomic E-state index is -0.0256. The van der Waals surface area contributed by atoms with Crippen LogP contribution in [-0.4, -0.2) is 11.1 Å². The first kappa shape index (κ1) is 8.95. The van der Waals surface area contributed by atoms with Crippen molar-refractivity contribution in [1.82, 2.24) is 0 Å². The van der Waals surface area contributed by atoms with Crippen molar-refractivity contribution >= 4 is 22.2 Å². The molecule has 0 amide bonds. The van der Waals surface area contributed by atoms with E-state index in [1.807, 2.05) is 18.2 Å². The Balaban J connectivity index is 2.31. The van der Waals surface area contributed by atoms with E-state index in [1.165, 1.54) is 5.56 Å². The Bertz CT molecular complexity index is 303. The van der Waals surface area contributed by atoms with Crippen LogP contribution in [0, 0.1) is 0 Å². The summed E-state index contributed by atoms with van der Waals surface area (Å²) in [7, 11) is 0. The van der Waals surface area contributed by atoms with E-state index < -0.39 is 0 Å². The highest BCUT2D eigenvalue weighted by molar-refractivity contribution is 9.10. The van der Waals surface area contributed by atoms with Crippen molar-refractivity contribution in [2.24, 2.45) is 0 Å². The first-order valence-electron chi connectivity index (χ1n) is 4.44. The molecule has 1 atom stereocenters. The van der Waals surface area contributed by atoms with E-state index in [0.717, 1.165) is 19.1 Å². The fourth-order valence-electron chi connectivity index (χ4n) is 1.76. The Kier molecular flexibility index (Phi) is 2.24. The van der Waals surface area contributed by atoms with Crippen LogP contribution in [0.15, 0.2) is 30.3 Å². The highest BCUT2D eigenvalue weighted by atomic mass is 79.9. The third-order valence-corrected chi connectivity index (χ3v) is 3.88. The topological polar surface area (TPSA) is 17.1 Å². The van der Waals surface area contributed by atoms with Crippen molar-refractivity contribution in [3.8, 4) is 0 Å². The lowest BCUT2D eigenvalue weighted by molar-refractivity contribution is -0.107. The number of aldehydes is 1. The van der Waals surface area contributed by atoms with E-state index in [0.29, 0.717) is 0 Å². The van der Waals surface area contributed by atoms with Gasteiger partial charge < -0.3 is 4.79 Å². The van der Waals surface area contributed by atoms with Crippen LogP contribution in [-0.2, 0) is 10.2 Å². The molecule has 0 bridgehead atoms. The van der Waals surface area contributed by atoms with E-state index in [9.17, 15) is 4.79 Å². The summed E-state index contributed by atoms with van der Waals surface area (Å²) in [6, 6.07) is 10.3. The summed E-state index contributed by atoms with van der Waals surface area (Å²) in [4.78, 5) is 10.7. The molecule has 0 heterocycles. The molecular weight excluding hydrogens is 228 g/mol. The van der Waals surface area contributed by atoms with Crippen LogP contribution in [0.25, 0.3) is 0 Å². The summed E-state index contributed by atoms with van der Waals surface area (Å²) >= 11 is 3.43. The molecule has 68 valence electrons. The van der Waals surface area contributed by atoms with Gasteiger partial charge in [0.1, 0.15) is 6.29 Å². The Morgan fingerprint density at radius 3 is 2.38 bits per heavy atom. The standard InChI is InChI=1S/C11H11BrO/c12-10(8-13)11(6-7-11)9-4-2-1-3-5-9/h1-5,8,10H,6-7H2. The molecule has 2 rings (SSSR count). The minimum absolute atomic E-state index is 0.0256. The number of alkyl halides is 1. The fourth-order valence-corrected chi connectivity index (χ4v) is 2.48. The fraction of sp³-hybridized carbons (Fsp3) is 0.364. The largest absolute Gasteiger partial charge is 0.302 e. The molecule has 1 aliphatic rings. The van der Waals surface area contributed by atoms with Gasteiger partial charge in [-0.05, 0) is 18.4 Å². The molecule has 1 aliphatic carbocycles. The number of halogens is 1. The van der Waals surface area contributed by atoms with Crippen molar-refractivity contribution in [2.45, 2.75) is 23.1 Å². The van der Waals surface area contributed by atoms with Gasteiger partial charge in [0.2, 0.25) is 0 Å². The normalized spacial score (nSPS) is 20.7. The van der Waals surface area contributed by atoms with Gasteiger partial charge in [-0.25, -0.2) is 0 Å². The first-order chi connectivity index (χ1) is 6.29. The number of hydrogen-bond acceptors (Lipinski definition) is 1. The number of hydrogen-bond donors (Lipinski definition) is 0. The average molecular weight is 239 g/mol. The van der Waals surface area contributed by atoms with Crippen LogP contribution in [0.2, 0.25) is 0 Å². The molecular formula is C11H11BrO. The molecule has 0 aromatic heterocycles. The maximum Gasteiger partial charge on any atom is 0.134 e. The molecule has 1 nitrogen and oxygen atoms in total. The molecule has 2 heteroatoms. The second-order valence-electron chi connectivity index (χ2n) is 3.56. The van der Waals surface area contributed by atoms with Gasteiger partial charge in [-0.1, -0.05) is 46.3 Å². The van der Waals surface area contributed by atoms with Crippen LogP contribution < -0.4 is 0 Å². The zero-order chi connectivity index (χ0) is 9.31. The smallest absolute Gasteiger partial charge is 0.134 e. The van der Waals surface area contributed by atoms with Gasteiger partial charge in [0.05, 0.1) is 4.83 Å². The molecule has 0 saturated heterocycles. The monoisotopic (exact) mass is 238 g/mol. The lowest BCUT2D eigenvalue weighted by atomic mass is 9.93. The highest BCUT2D eigenvalue weighted by Crippen LogP contribution is 2.52. The lowest BCUT2D eigenvalue weighted by Gasteiger charge is -2.17. The van der Waals surface area contributed by atoms with Gasteiger partial charge in [0, 0.05) is 5.41 Å². The molecule has 0 spiro atoms. The number of rotatable bonds is 3. The summed E-state index contributed by atoms with van der Waals surface area (Å²) in [5, 5.41) is 0. The van der Waals surface area contributed by atoms with E-state index in [-0.39, 0.29) is 10.2 Å². The lowest BCUT2D eigenvalue weighted by Crippen LogP contribution is -2.21. The summed E-state index contributed by atoms with van der Waals surface area (Å²) in [5.74, 6) is 0. The Morgan fingerprint density at radius 1 is 1.31 bits per heavy atom. The molecule has 0 radical (unpaired) electrons. The van der Waals surface area contributed by atoms with Gasteiger partial charge in [0.25, 0.3) is 0 Å². The van der Waals surface area contributed by atoms with Crippen LogP contribution in [0.3, 0.4) is 0 Å². The van der Waals surface area contributed by atoms with Gasteiger partial charge in [-0.2, -0.15) is 0 Å². The Hall–Kier alpha value is -0.630. The second kappa shape index (κ2) is 3.26. The van der Waals surface area contributed by atoms with Crippen molar-refractivity contribution in [3.63, 3.8) is 0 Å². The number of carbonyl (C=O) groups excluding carboxylic acids is 1. The Labute approximate surface area is 86.3 Å². The summed E-state index contributed by atoms with van der Waals surface area (Å²) in [5.41, 5.74) is 1.38. The maximum absolute atomic E-state index is 10.7. The average Bonchev–Trinajstić information content (AvgIpc) is 2.99. The summed E-state index contributed by atoms with van der Waals surface area (Å²) < 4.78 is 0. The molecule has 0 N–H and O–H groups in total. The molecule has 0 aliphatic heterocycles. The van der Waals surface area contributed by atoms with Crippen molar-refractivity contribution in [2.75, 3.05) is 0 Å². The van der Waals surface area contributed by atoms with Crippen molar-refractivity contribution in [3.05, 3.63) is 35.9 Å². The molecule has 1 aromatic carbocycles. The quantitative estimate of drug-likeness (QED) is 0.585. The second-order valence-corrected chi connectivity index (χ2v) is 4.55. The molecule has 1 saturated carbocycles. The van der Waals surface area contributed by atoms with E-state index in [4.69, 9.17) is 0 Å². The van der Waals surface area contributed by atoms with E-state index in [2.05, 4.69) is 28.1 Å². The third kappa shape index (κ3) is 1.44. The van der Waals surface area contributed by atoms with Gasteiger partial charge >= 0.3 is 0 Å². The molecule has 1 fully saturated rings. The molecule has 1 aromatic rings. The van der Waals surface area contributed by atoms with Crippen LogP contribution in [0.5, 0.6) is 0 Å². The summed E-state index contributed by atoms with van der Waals surface area (Å²) in [6.07, 6.45) is 3.23. The predicted octanol–water partition coefficient (Wildman–Crippen LogP) is 2.68. The van der Waals surface area contributed by atoms with Gasteiger partial charge in [-0.3, -0.25) is 0 Å². The number of carbonyl (C=O) groups is 1. The summed E-state index contributed by atoms with van der Waals surface area (Å²) in [6.45, 7) is 0. The number of benzene rings is 1. The first-order valence-corrected chi connectivity index (χ1v) is 5.36. The maximum atomic E-state index is 10.7. The SMILES string of the molecule is O=CC(Br)C1(c2ccccc2)CC1. The van der Waals surface area contributed by atoms with Crippen LogP contribution >= 0.6 is 15.9 Å². The van der Waals surface area contributed by atoms with Gasteiger partial charge in [-0.15, -0.1) is 0 Å². The molecule has 1 unspecified atom stereocenters. The van der Waals surface area contributed by atoms with Crippen LogP contribution in [0.1, 0.15) is 18.4 Å². The van der Waals surface area contributed by atoms with Crippen LogP contribution in [0.4, 0.5) is 0 Å². The van der Waals surface area contributed by atoms with Crippen molar-refractivity contribution in [1.29, 1.82) is 0 Å². The van der Waals surface area contributed by atoms with Gasteiger partial charge in [0.15, 0.2) is 0 Å². The predicted molar refractivity (Wildman–Crippen MR) is 56.1 cm³/mol. The highest BCUT2D eigenvalue weighted by Gasteiger charge is 2.49. The Morgan fingerprint density at radius 2 is 1.92 bits per heavy atom. The third-order valence-electron chi connectivity index (χ3n) is 2.78. The minimum Gasteiger partial charge on any atom is -0.302 e. The zero-order valence-corrected chi connectivity index (χ0v) is 8.83. The zero-order valence-electron chi connectivity index (χ0n) is 7.24. The molecule has 13 heavy (non-hydrogen) atoms. The van der Waals surface area contributed by atoms with E-state index in [1.54, 1.807) is 0 Å². The van der Waals surface area contributed by atoms with Crippen molar-refractivity contribution < 1.29 is 4.79 Å².